The number of H-pyrrole nitrogens is 1. The van der Waals surface area contributed by atoms with Gasteiger partial charge >= 0.3 is 5.97 Å². The molecule has 0 aliphatic rings. The summed E-state index contributed by atoms with van der Waals surface area (Å²) in [6, 6.07) is 11.9. The number of carbonyl (C=O) groups excluding carboxylic acids is 1. The third-order valence-corrected chi connectivity index (χ3v) is 4.63. The van der Waals surface area contributed by atoms with Crippen LogP contribution in [0.3, 0.4) is 0 Å². The number of hydrogen-bond acceptors (Lipinski definition) is 4. The third kappa shape index (κ3) is 4.32. The van der Waals surface area contributed by atoms with E-state index in [4.69, 9.17) is 16.7 Å². The summed E-state index contributed by atoms with van der Waals surface area (Å²) in [6.07, 6.45) is 0.245. The summed E-state index contributed by atoms with van der Waals surface area (Å²) in [6.45, 7) is 0. The van der Waals surface area contributed by atoms with Crippen molar-refractivity contribution >= 4 is 52.0 Å². The van der Waals surface area contributed by atoms with Gasteiger partial charge in [0.25, 0.3) is 0 Å². The minimum Gasteiger partial charge on any atom is -0.478 e. The van der Waals surface area contributed by atoms with Crippen LogP contribution in [0.4, 0.5) is 5.69 Å². The van der Waals surface area contributed by atoms with E-state index in [0.29, 0.717) is 16.5 Å². The summed E-state index contributed by atoms with van der Waals surface area (Å²) in [5.41, 5.74) is 2.19. The highest BCUT2D eigenvalue weighted by atomic mass is 35.5. The summed E-state index contributed by atoms with van der Waals surface area (Å²) in [7, 11) is 0. The standard InChI is InChI=1S/C17H14ClN3O3S/c18-11-6-5-10(16(23)24)9-14(11)19-15(22)7-8-25-17-20-12-3-1-2-4-13(12)21-17/h1-6,9H,7-8H2,(H,19,22)(H,20,21)(H,23,24). The summed E-state index contributed by atoms with van der Waals surface area (Å²) < 4.78 is 0. The van der Waals surface area contributed by atoms with Gasteiger partial charge in [-0.2, -0.15) is 0 Å². The number of aromatic carboxylic acids is 1. The number of halogens is 1. The van der Waals surface area contributed by atoms with Gasteiger partial charge in [-0.15, -0.1) is 0 Å². The Morgan fingerprint density at radius 2 is 2.04 bits per heavy atom. The lowest BCUT2D eigenvalue weighted by molar-refractivity contribution is -0.115. The summed E-state index contributed by atoms with van der Waals surface area (Å²) in [5.74, 6) is -0.789. The van der Waals surface area contributed by atoms with E-state index >= 15 is 0 Å². The molecule has 0 aliphatic heterocycles. The number of imidazole rings is 1. The summed E-state index contributed by atoms with van der Waals surface area (Å²) in [5, 5.41) is 12.7. The first-order chi connectivity index (χ1) is 12.0. The lowest BCUT2D eigenvalue weighted by Gasteiger charge is -2.08. The van der Waals surface area contributed by atoms with Gasteiger partial charge in [0.05, 0.1) is 27.3 Å². The van der Waals surface area contributed by atoms with Crippen molar-refractivity contribution in [3.05, 3.63) is 53.1 Å². The quantitative estimate of drug-likeness (QED) is 0.565. The topological polar surface area (TPSA) is 95.1 Å². The van der Waals surface area contributed by atoms with E-state index in [1.165, 1.54) is 30.0 Å². The fourth-order valence-electron chi connectivity index (χ4n) is 2.20. The van der Waals surface area contributed by atoms with Crippen molar-refractivity contribution in [3.8, 4) is 0 Å². The number of carboxylic acids is 1. The molecule has 1 heterocycles. The third-order valence-electron chi connectivity index (χ3n) is 3.42. The van der Waals surface area contributed by atoms with Crippen LogP contribution in [0.2, 0.25) is 5.02 Å². The van der Waals surface area contributed by atoms with E-state index in [9.17, 15) is 9.59 Å². The summed E-state index contributed by atoms with van der Waals surface area (Å²) in [4.78, 5) is 30.6. The Hall–Kier alpha value is -2.51. The first kappa shape index (κ1) is 17.3. The van der Waals surface area contributed by atoms with Crippen molar-refractivity contribution in [2.45, 2.75) is 11.6 Å². The Kier molecular flexibility index (Phi) is 5.25. The largest absolute Gasteiger partial charge is 0.478 e. The molecule has 1 amide bonds. The number of aromatic nitrogens is 2. The van der Waals surface area contributed by atoms with Gasteiger partial charge in [0.15, 0.2) is 5.16 Å². The average Bonchev–Trinajstić information content (AvgIpc) is 2.99. The van der Waals surface area contributed by atoms with Crippen molar-refractivity contribution in [1.82, 2.24) is 9.97 Å². The molecular weight excluding hydrogens is 362 g/mol. The highest BCUT2D eigenvalue weighted by molar-refractivity contribution is 7.99. The fraction of sp³-hybridized carbons (Fsp3) is 0.118. The second-order valence-corrected chi connectivity index (χ2v) is 6.70. The van der Waals surface area contributed by atoms with Crippen LogP contribution in [0.15, 0.2) is 47.6 Å². The number of anilines is 1. The Labute approximate surface area is 152 Å². The van der Waals surface area contributed by atoms with Gasteiger partial charge in [-0.05, 0) is 30.3 Å². The molecule has 0 spiro atoms. The van der Waals surface area contributed by atoms with Crippen LogP contribution >= 0.6 is 23.4 Å². The zero-order valence-electron chi connectivity index (χ0n) is 13.0. The van der Waals surface area contributed by atoms with Crippen LogP contribution < -0.4 is 5.32 Å². The van der Waals surface area contributed by atoms with Crippen LogP contribution in [0, 0.1) is 0 Å². The van der Waals surface area contributed by atoms with E-state index in [-0.39, 0.29) is 17.9 Å². The predicted molar refractivity (Wildman–Crippen MR) is 98.5 cm³/mol. The highest BCUT2D eigenvalue weighted by Crippen LogP contribution is 2.24. The molecule has 1 aromatic heterocycles. The number of amides is 1. The highest BCUT2D eigenvalue weighted by Gasteiger charge is 2.11. The van der Waals surface area contributed by atoms with Crippen molar-refractivity contribution in [2.75, 3.05) is 11.1 Å². The summed E-state index contributed by atoms with van der Waals surface area (Å²) >= 11 is 7.43. The Balaban J connectivity index is 1.56. The maximum absolute atomic E-state index is 12.0. The number of nitrogens with one attached hydrogen (secondary N) is 2. The number of fused-ring (bicyclic) bond motifs is 1. The second kappa shape index (κ2) is 7.58. The van der Waals surface area contributed by atoms with Crippen LogP contribution in [0.5, 0.6) is 0 Å². The molecule has 3 aromatic rings. The number of para-hydroxylation sites is 2. The van der Waals surface area contributed by atoms with Gasteiger partial charge < -0.3 is 15.4 Å². The molecule has 128 valence electrons. The number of aromatic amines is 1. The van der Waals surface area contributed by atoms with E-state index in [1.807, 2.05) is 24.3 Å². The number of rotatable bonds is 6. The normalized spacial score (nSPS) is 10.8. The van der Waals surface area contributed by atoms with Gasteiger partial charge in [-0.1, -0.05) is 35.5 Å². The van der Waals surface area contributed by atoms with Crippen molar-refractivity contribution < 1.29 is 14.7 Å². The van der Waals surface area contributed by atoms with E-state index in [2.05, 4.69) is 15.3 Å². The zero-order valence-corrected chi connectivity index (χ0v) is 14.5. The molecule has 6 nitrogen and oxygen atoms in total. The van der Waals surface area contributed by atoms with Crippen molar-refractivity contribution in [3.63, 3.8) is 0 Å². The zero-order chi connectivity index (χ0) is 17.8. The van der Waals surface area contributed by atoms with E-state index in [0.717, 1.165) is 16.2 Å². The van der Waals surface area contributed by atoms with Gasteiger partial charge in [-0.25, -0.2) is 9.78 Å². The van der Waals surface area contributed by atoms with Gasteiger partial charge in [0, 0.05) is 12.2 Å². The lowest BCUT2D eigenvalue weighted by atomic mass is 10.2. The van der Waals surface area contributed by atoms with Crippen LogP contribution in [0.25, 0.3) is 11.0 Å². The lowest BCUT2D eigenvalue weighted by Crippen LogP contribution is -2.13. The molecule has 3 rings (SSSR count). The van der Waals surface area contributed by atoms with Gasteiger partial charge in [0.2, 0.25) is 5.91 Å². The molecule has 0 saturated carbocycles. The first-order valence-corrected chi connectivity index (χ1v) is 8.79. The number of thioether (sulfide) groups is 1. The maximum Gasteiger partial charge on any atom is 0.335 e. The molecule has 0 aliphatic carbocycles. The number of carbonyl (C=O) groups is 2. The molecular formula is C17H14ClN3O3S. The minimum absolute atomic E-state index is 0.0661. The van der Waals surface area contributed by atoms with E-state index in [1.54, 1.807) is 0 Å². The van der Waals surface area contributed by atoms with Crippen LogP contribution in [0.1, 0.15) is 16.8 Å². The van der Waals surface area contributed by atoms with Crippen molar-refractivity contribution in [2.24, 2.45) is 0 Å². The smallest absolute Gasteiger partial charge is 0.335 e. The second-order valence-electron chi connectivity index (χ2n) is 5.21. The number of hydrogen-bond donors (Lipinski definition) is 3. The molecule has 0 fully saturated rings. The van der Waals surface area contributed by atoms with E-state index < -0.39 is 5.97 Å². The molecule has 2 aromatic carbocycles. The molecule has 0 radical (unpaired) electrons. The van der Waals surface area contributed by atoms with Gasteiger partial charge in [0.1, 0.15) is 0 Å². The minimum atomic E-state index is -1.08. The predicted octanol–water partition coefficient (Wildman–Crippen LogP) is 4.04. The molecule has 0 atom stereocenters. The van der Waals surface area contributed by atoms with Crippen LogP contribution in [-0.4, -0.2) is 32.7 Å². The number of nitrogens with zero attached hydrogens (tertiary/aromatic N) is 1. The van der Waals surface area contributed by atoms with Gasteiger partial charge in [-0.3, -0.25) is 4.79 Å². The van der Waals surface area contributed by atoms with Crippen LogP contribution in [-0.2, 0) is 4.79 Å². The molecule has 0 bridgehead atoms. The van der Waals surface area contributed by atoms with Crippen molar-refractivity contribution in [1.29, 1.82) is 0 Å². The Bertz CT molecular complexity index is 909. The molecule has 0 saturated heterocycles. The SMILES string of the molecule is O=C(CCSc1nc2ccccc2[nH]1)Nc1cc(C(=O)O)ccc1Cl. The fourth-order valence-corrected chi connectivity index (χ4v) is 3.20. The Morgan fingerprint density at radius 3 is 2.80 bits per heavy atom. The monoisotopic (exact) mass is 375 g/mol. The molecule has 3 N–H and O–H groups in total. The number of carboxylic acid groups (broad SMARTS) is 1. The maximum atomic E-state index is 12.0. The molecule has 8 heteroatoms. The molecule has 0 unspecified atom stereocenters. The first-order valence-electron chi connectivity index (χ1n) is 7.43. The number of benzene rings is 2. The Morgan fingerprint density at radius 1 is 1.24 bits per heavy atom. The molecule has 25 heavy (non-hydrogen) atoms. The average molecular weight is 376 g/mol.